The molecule has 0 fully saturated rings. The topological polar surface area (TPSA) is 99.5 Å². The van der Waals surface area contributed by atoms with Crippen molar-refractivity contribution < 1.29 is 28.5 Å². The molecular formula is C22H27N3O7. The highest BCUT2D eigenvalue weighted by Gasteiger charge is 2.34. The number of rotatable bonds is 9. The van der Waals surface area contributed by atoms with Gasteiger partial charge in [0.15, 0.2) is 5.69 Å². The molecule has 0 bridgehead atoms. The van der Waals surface area contributed by atoms with E-state index in [4.69, 9.17) is 18.9 Å². The predicted molar refractivity (Wildman–Crippen MR) is 115 cm³/mol. The van der Waals surface area contributed by atoms with Crippen molar-refractivity contribution in [2.75, 3.05) is 38.8 Å². The summed E-state index contributed by atoms with van der Waals surface area (Å²) >= 11 is 0. The van der Waals surface area contributed by atoms with Crippen molar-refractivity contribution in [2.45, 2.75) is 26.4 Å². The maximum absolute atomic E-state index is 13.2. The summed E-state index contributed by atoms with van der Waals surface area (Å²) in [5.74, 6) is -0.537. The van der Waals surface area contributed by atoms with Crippen molar-refractivity contribution in [3.8, 4) is 5.75 Å². The Bertz CT molecular complexity index is 991. The first-order valence-electron chi connectivity index (χ1n) is 10.2. The van der Waals surface area contributed by atoms with Gasteiger partial charge in [0.2, 0.25) is 18.0 Å². The highest BCUT2D eigenvalue weighted by molar-refractivity contribution is 5.96. The number of carbonyl (C=O) groups excluding carboxylic acids is 2. The normalized spacial score (nSPS) is 13.2. The molecule has 1 aromatic carbocycles. The van der Waals surface area contributed by atoms with Crippen molar-refractivity contribution in [2.24, 2.45) is 0 Å². The Hall–Kier alpha value is -3.53. The molecule has 0 saturated heterocycles. The van der Waals surface area contributed by atoms with Crippen LogP contribution in [0.25, 0.3) is 0 Å². The predicted octanol–water partition coefficient (Wildman–Crippen LogP) is 1.94. The maximum Gasteiger partial charge on any atom is 0.511 e. The lowest BCUT2D eigenvalue weighted by molar-refractivity contribution is -0.00511. The molecule has 0 saturated carbocycles. The number of nitrogens with zero attached hydrogens (tertiary/aromatic N) is 3. The van der Waals surface area contributed by atoms with E-state index in [0.29, 0.717) is 13.2 Å². The van der Waals surface area contributed by atoms with Crippen molar-refractivity contribution in [1.82, 2.24) is 9.58 Å². The molecule has 0 spiro atoms. The van der Waals surface area contributed by atoms with E-state index in [-0.39, 0.29) is 36.6 Å². The first-order valence-corrected chi connectivity index (χ1v) is 10.2. The monoisotopic (exact) mass is 445 g/mol. The molecule has 2 heterocycles. The van der Waals surface area contributed by atoms with Gasteiger partial charge in [-0.25, -0.2) is 4.79 Å². The van der Waals surface area contributed by atoms with E-state index in [0.717, 1.165) is 5.56 Å². The molecule has 2 aromatic rings. The Labute approximate surface area is 185 Å². The van der Waals surface area contributed by atoms with Crippen LogP contribution in [0.5, 0.6) is 5.75 Å². The number of aromatic nitrogens is 1. The van der Waals surface area contributed by atoms with E-state index < -0.39 is 18.4 Å². The number of hydrogen-bond donors (Lipinski definition) is 0. The summed E-state index contributed by atoms with van der Waals surface area (Å²) in [6.07, 6.45) is 0.580. The van der Waals surface area contributed by atoms with Gasteiger partial charge in [-0.1, -0.05) is 30.3 Å². The molecule has 32 heavy (non-hydrogen) atoms. The van der Waals surface area contributed by atoms with Gasteiger partial charge in [0, 0.05) is 25.4 Å². The molecule has 3 rings (SSSR count). The van der Waals surface area contributed by atoms with E-state index in [1.807, 2.05) is 49.2 Å². The molecule has 1 aliphatic rings. The van der Waals surface area contributed by atoms with E-state index in [2.05, 4.69) is 0 Å². The van der Waals surface area contributed by atoms with Crippen LogP contribution in [0.3, 0.4) is 0 Å². The summed E-state index contributed by atoms with van der Waals surface area (Å²) in [5.41, 5.74) is 0.621. The number of pyridine rings is 1. The molecule has 10 heteroatoms. The van der Waals surface area contributed by atoms with Gasteiger partial charge in [0.25, 0.3) is 5.91 Å². The number of fused-ring (bicyclic) bond motifs is 1. The molecule has 1 aromatic heterocycles. The van der Waals surface area contributed by atoms with Crippen LogP contribution < -0.4 is 15.2 Å². The number of methoxy groups -OCH3 is 1. The maximum atomic E-state index is 13.2. The molecule has 0 radical (unpaired) electrons. The highest BCUT2D eigenvalue weighted by Crippen LogP contribution is 2.23. The van der Waals surface area contributed by atoms with Gasteiger partial charge in [0.1, 0.15) is 13.3 Å². The lowest BCUT2D eigenvalue weighted by Crippen LogP contribution is -2.55. The second-order valence-electron chi connectivity index (χ2n) is 7.36. The van der Waals surface area contributed by atoms with Gasteiger partial charge in [-0.3, -0.25) is 19.3 Å². The van der Waals surface area contributed by atoms with Gasteiger partial charge in [0.05, 0.1) is 13.2 Å². The minimum atomic E-state index is -0.965. The van der Waals surface area contributed by atoms with E-state index in [1.165, 1.54) is 13.2 Å². The van der Waals surface area contributed by atoms with Crippen LogP contribution >= 0.6 is 0 Å². The second kappa shape index (κ2) is 10.7. The van der Waals surface area contributed by atoms with Crippen LogP contribution in [0.1, 0.15) is 29.9 Å². The van der Waals surface area contributed by atoms with Gasteiger partial charge >= 0.3 is 6.16 Å². The van der Waals surface area contributed by atoms with E-state index in [1.54, 1.807) is 15.8 Å². The third kappa shape index (κ3) is 5.38. The van der Waals surface area contributed by atoms with Gasteiger partial charge < -0.3 is 23.8 Å². The zero-order valence-corrected chi connectivity index (χ0v) is 18.4. The zero-order valence-electron chi connectivity index (χ0n) is 18.4. The molecule has 0 N–H and O–H groups in total. The summed E-state index contributed by atoms with van der Waals surface area (Å²) in [6, 6.07) is 11.0. The van der Waals surface area contributed by atoms with Crippen LogP contribution in [-0.2, 0) is 20.8 Å². The smallest absolute Gasteiger partial charge is 0.451 e. The molecule has 10 nitrogen and oxygen atoms in total. The molecule has 1 amide bonds. The van der Waals surface area contributed by atoms with Crippen molar-refractivity contribution in [3.05, 3.63) is 64.1 Å². The quantitative estimate of drug-likeness (QED) is 0.328. The number of hydrogen-bond acceptors (Lipinski definition) is 8. The third-order valence-electron chi connectivity index (χ3n) is 4.84. The highest BCUT2D eigenvalue weighted by atomic mass is 16.8. The van der Waals surface area contributed by atoms with Crippen LogP contribution in [0.15, 0.2) is 47.4 Å². The fourth-order valence-electron chi connectivity index (χ4n) is 3.23. The Balaban J connectivity index is 1.85. The summed E-state index contributed by atoms with van der Waals surface area (Å²) in [6.45, 7) is 4.31. The minimum Gasteiger partial charge on any atom is -0.451 e. The Morgan fingerprint density at radius 2 is 1.81 bits per heavy atom. The van der Waals surface area contributed by atoms with Crippen LogP contribution in [0.4, 0.5) is 4.79 Å². The molecule has 172 valence electrons. The molecular weight excluding hydrogens is 418 g/mol. The summed E-state index contributed by atoms with van der Waals surface area (Å²) in [4.78, 5) is 39.0. The number of carbonyl (C=O) groups is 2. The van der Waals surface area contributed by atoms with Crippen LogP contribution in [-0.4, -0.2) is 61.5 Å². The molecule has 0 aliphatic carbocycles. The Morgan fingerprint density at radius 1 is 1.06 bits per heavy atom. The van der Waals surface area contributed by atoms with Crippen molar-refractivity contribution in [1.29, 1.82) is 0 Å². The lowest BCUT2D eigenvalue weighted by atomic mass is 10.2. The average molecular weight is 445 g/mol. The minimum absolute atomic E-state index is 0.0228. The fourth-order valence-corrected chi connectivity index (χ4v) is 3.23. The van der Waals surface area contributed by atoms with Crippen LogP contribution in [0, 0.1) is 0 Å². The Kier molecular flexibility index (Phi) is 7.72. The van der Waals surface area contributed by atoms with Crippen molar-refractivity contribution >= 4 is 12.1 Å². The number of benzene rings is 1. The average Bonchev–Trinajstić information content (AvgIpc) is 2.77. The summed E-state index contributed by atoms with van der Waals surface area (Å²) in [7, 11) is 1.47. The van der Waals surface area contributed by atoms with Gasteiger partial charge in [-0.2, -0.15) is 0 Å². The first kappa shape index (κ1) is 23.1. The SMILES string of the molecule is COCCOC(=O)OCOc1c2n(ccc1=O)N(Cc1ccccc1)CN(C(C)C)C2=O. The number of ether oxygens (including phenoxy) is 4. The standard InChI is InChI=1S/C22H27N3O7/c1-16(2)24-14-23(13-17-7-5-4-6-8-17)25-10-9-18(26)20(19(25)21(24)27)31-15-32-22(28)30-12-11-29-3/h4-10,16H,11-15H2,1-3H3. The zero-order chi connectivity index (χ0) is 23.1. The van der Waals surface area contributed by atoms with Crippen molar-refractivity contribution in [3.63, 3.8) is 0 Å². The summed E-state index contributed by atoms with van der Waals surface area (Å²) in [5, 5.41) is 1.93. The van der Waals surface area contributed by atoms with E-state index in [9.17, 15) is 14.4 Å². The Morgan fingerprint density at radius 3 is 2.50 bits per heavy atom. The number of amides is 1. The lowest BCUT2D eigenvalue weighted by Gasteiger charge is -2.41. The van der Waals surface area contributed by atoms with Gasteiger partial charge in [-0.15, -0.1) is 0 Å². The van der Waals surface area contributed by atoms with Crippen LogP contribution in [0.2, 0.25) is 0 Å². The summed E-state index contributed by atoms with van der Waals surface area (Å²) < 4.78 is 21.5. The van der Waals surface area contributed by atoms with E-state index >= 15 is 0 Å². The molecule has 0 unspecified atom stereocenters. The first-order chi connectivity index (χ1) is 15.4. The molecule has 1 aliphatic heterocycles. The van der Waals surface area contributed by atoms with Gasteiger partial charge in [-0.05, 0) is 19.4 Å². The third-order valence-corrected chi connectivity index (χ3v) is 4.84. The fraction of sp³-hybridized carbons (Fsp3) is 0.409. The largest absolute Gasteiger partial charge is 0.511 e. The molecule has 0 atom stereocenters. The second-order valence-corrected chi connectivity index (χ2v) is 7.36.